The van der Waals surface area contributed by atoms with Crippen LogP contribution in [0.3, 0.4) is 0 Å². The van der Waals surface area contributed by atoms with Crippen LogP contribution in [0.15, 0.2) is 24.3 Å². The van der Waals surface area contributed by atoms with E-state index in [4.69, 9.17) is 0 Å². The number of hydrogen-bond acceptors (Lipinski definition) is 4. The maximum atomic E-state index is 12.9. The number of aryl methyl sites for hydroxylation is 1. The van der Waals surface area contributed by atoms with Crippen molar-refractivity contribution in [3.8, 4) is 0 Å². The molecule has 2 aromatic rings. The second kappa shape index (κ2) is 6.72. The summed E-state index contributed by atoms with van der Waals surface area (Å²) >= 11 is 0. The molecule has 7 nitrogen and oxygen atoms in total. The van der Waals surface area contributed by atoms with Crippen LogP contribution in [0.2, 0.25) is 0 Å². The predicted molar refractivity (Wildman–Crippen MR) is 81.0 cm³/mol. The number of benzene rings is 1. The molecule has 3 rings (SSSR count). The van der Waals surface area contributed by atoms with Crippen LogP contribution in [0.5, 0.6) is 0 Å². The molecule has 122 valence electrons. The van der Waals surface area contributed by atoms with Gasteiger partial charge in [0.25, 0.3) is 0 Å². The lowest BCUT2D eigenvalue weighted by molar-refractivity contribution is 0.177. The van der Waals surface area contributed by atoms with Crippen molar-refractivity contribution >= 4 is 6.03 Å². The molecule has 0 saturated carbocycles. The molecule has 1 atom stereocenters. The van der Waals surface area contributed by atoms with E-state index >= 15 is 0 Å². The Balaban J connectivity index is 1.56. The number of piperidine rings is 1. The molecule has 1 aliphatic rings. The van der Waals surface area contributed by atoms with Gasteiger partial charge >= 0.3 is 6.03 Å². The zero-order chi connectivity index (χ0) is 16.2. The van der Waals surface area contributed by atoms with Crippen molar-refractivity contribution < 1.29 is 9.18 Å². The van der Waals surface area contributed by atoms with Gasteiger partial charge in [-0.25, -0.2) is 13.9 Å². The first-order chi connectivity index (χ1) is 11.1. The Labute approximate surface area is 133 Å². The van der Waals surface area contributed by atoms with E-state index in [1.54, 1.807) is 21.7 Å². The second-order valence-electron chi connectivity index (χ2n) is 5.73. The minimum Gasteiger partial charge on any atom is -0.334 e. The van der Waals surface area contributed by atoms with Crippen molar-refractivity contribution in [2.45, 2.75) is 25.3 Å². The zero-order valence-corrected chi connectivity index (χ0v) is 12.9. The Hall–Kier alpha value is -2.51. The van der Waals surface area contributed by atoms with Crippen molar-refractivity contribution in [3.63, 3.8) is 0 Å². The summed E-state index contributed by atoms with van der Waals surface area (Å²) in [7, 11) is 1.81. The summed E-state index contributed by atoms with van der Waals surface area (Å²) in [6.45, 7) is 1.70. The van der Waals surface area contributed by atoms with Gasteiger partial charge in [-0.3, -0.25) is 0 Å². The fourth-order valence-corrected chi connectivity index (χ4v) is 2.85. The molecular formula is C15H19FN6O. The Morgan fingerprint density at radius 3 is 2.87 bits per heavy atom. The molecule has 2 amide bonds. The van der Waals surface area contributed by atoms with Gasteiger partial charge in [0, 0.05) is 32.6 Å². The molecule has 1 unspecified atom stereocenters. The standard InChI is InChI=1S/C15H19FN6O/c1-21-14(18-19-20-21)12-3-2-8-22(10-12)15(23)17-9-11-4-6-13(16)7-5-11/h4-7,12H,2-3,8-10H2,1H3,(H,17,23). The number of nitrogens with zero attached hydrogens (tertiary/aromatic N) is 5. The number of aromatic nitrogens is 4. The molecule has 1 aliphatic heterocycles. The number of nitrogens with one attached hydrogen (secondary N) is 1. The quantitative estimate of drug-likeness (QED) is 0.929. The Bertz CT molecular complexity index is 671. The van der Waals surface area contributed by atoms with E-state index < -0.39 is 0 Å². The highest BCUT2D eigenvalue weighted by molar-refractivity contribution is 5.74. The van der Waals surface area contributed by atoms with Crippen molar-refractivity contribution in [3.05, 3.63) is 41.5 Å². The number of halogens is 1. The van der Waals surface area contributed by atoms with Gasteiger partial charge in [-0.05, 0) is 41.0 Å². The Kier molecular flexibility index (Phi) is 4.50. The lowest BCUT2D eigenvalue weighted by Gasteiger charge is -2.31. The fourth-order valence-electron chi connectivity index (χ4n) is 2.85. The third-order valence-electron chi connectivity index (χ3n) is 4.08. The second-order valence-corrected chi connectivity index (χ2v) is 5.73. The maximum Gasteiger partial charge on any atom is 0.317 e. The van der Waals surface area contributed by atoms with Gasteiger partial charge in [0.15, 0.2) is 5.82 Å². The highest BCUT2D eigenvalue weighted by atomic mass is 19.1. The first-order valence-corrected chi connectivity index (χ1v) is 7.63. The fraction of sp³-hybridized carbons (Fsp3) is 0.467. The number of urea groups is 1. The summed E-state index contributed by atoms with van der Waals surface area (Å²) in [5, 5.41) is 14.4. The van der Waals surface area contributed by atoms with Crippen LogP contribution >= 0.6 is 0 Å². The van der Waals surface area contributed by atoms with E-state index in [1.165, 1.54) is 12.1 Å². The predicted octanol–water partition coefficient (Wildman–Crippen LogP) is 1.44. The molecule has 1 aromatic carbocycles. The van der Waals surface area contributed by atoms with Gasteiger partial charge in [0.1, 0.15) is 5.82 Å². The van der Waals surface area contributed by atoms with E-state index in [1.807, 2.05) is 7.05 Å². The first-order valence-electron chi connectivity index (χ1n) is 7.63. The van der Waals surface area contributed by atoms with Crippen molar-refractivity contribution in [2.24, 2.45) is 7.05 Å². The molecule has 0 bridgehead atoms. The lowest BCUT2D eigenvalue weighted by Crippen LogP contribution is -2.45. The molecular weight excluding hydrogens is 299 g/mol. The molecule has 0 aliphatic carbocycles. The molecule has 1 fully saturated rings. The normalized spacial score (nSPS) is 18.0. The average molecular weight is 318 g/mol. The first kappa shape index (κ1) is 15.4. The minimum atomic E-state index is -0.281. The summed E-state index contributed by atoms with van der Waals surface area (Å²) < 4.78 is 14.5. The molecule has 1 aromatic heterocycles. The maximum absolute atomic E-state index is 12.9. The van der Waals surface area contributed by atoms with Gasteiger partial charge in [0.2, 0.25) is 0 Å². The van der Waals surface area contributed by atoms with E-state index in [-0.39, 0.29) is 17.8 Å². The van der Waals surface area contributed by atoms with Gasteiger partial charge in [-0.2, -0.15) is 0 Å². The molecule has 23 heavy (non-hydrogen) atoms. The van der Waals surface area contributed by atoms with Gasteiger partial charge in [-0.15, -0.1) is 5.10 Å². The van der Waals surface area contributed by atoms with Crippen LogP contribution in [-0.2, 0) is 13.6 Å². The summed E-state index contributed by atoms with van der Waals surface area (Å²) in [5.41, 5.74) is 0.866. The van der Waals surface area contributed by atoms with Crippen LogP contribution in [0.25, 0.3) is 0 Å². The number of tetrazole rings is 1. The average Bonchev–Trinajstić information content (AvgIpc) is 3.00. The number of carbonyl (C=O) groups excluding carboxylic acids is 1. The van der Waals surface area contributed by atoms with E-state index in [0.29, 0.717) is 13.1 Å². The molecule has 1 saturated heterocycles. The van der Waals surface area contributed by atoms with Crippen molar-refractivity contribution in [2.75, 3.05) is 13.1 Å². The van der Waals surface area contributed by atoms with Crippen LogP contribution in [0.1, 0.15) is 30.1 Å². The van der Waals surface area contributed by atoms with Crippen LogP contribution in [-0.4, -0.2) is 44.2 Å². The minimum absolute atomic E-state index is 0.117. The highest BCUT2D eigenvalue weighted by Crippen LogP contribution is 2.24. The molecule has 1 N–H and O–H groups in total. The summed E-state index contributed by atoms with van der Waals surface area (Å²) in [5.74, 6) is 0.678. The van der Waals surface area contributed by atoms with Gasteiger partial charge in [0.05, 0.1) is 0 Å². The van der Waals surface area contributed by atoms with Crippen molar-refractivity contribution in [1.29, 1.82) is 0 Å². The summed E-state index contributed by atoms with van der Waals surface area (Å²) in [6.07, 6.45) is 1.89. The largest absolute Gasteiger partial charge is 0.334 e. The number of amides is 2. The Morgan fingerprint density at radius 2 is 2.17 bits per heavy atom. The number of hydrogen-bond donors (Lipinski definition) is 1. The van der Waals surface area contributed by atoms with Crippen LogP contribution in [0, 0.1) is 5.82 Å². The highest BCUT2D eigenvalue weighted by Gasteiger charge is 2.27. The lowest BCUT2D eigenvalue weighted by atomic mass is 9.97. The van der Waals surface area contributed by atoms with Gasteiger partial charge < -0.3 is 10.2 Å². The van der Waals surface area contributed by atoms with Crippen LogP contribution < -0.4 is 5.32 Å². The monoisotopic (exact) mass is 318 g/mol. The van der Waals surface area contributed by atoms with E-state index in [9.17, 15) is 9.18 Å². The smallest absolute Gasteiger partial charge is 0.317 e. The van der Waals surface area contributed by atoms with Crippen molar-refractivity contribution in [1.82, 2.24) is 30.4 Å². The van der Waals surface area contributed by atoms with Gasteiger partial charge in [-0.1, -0.05) is 12.1 Å². The summed E-state index contributed by atoms with van der Waals surface area (Å²) in [4.78, 5) is 14.1. The number of likely N-dealkylation sites (tertiary alicyclic amines) is 1. The van der Waals surface area contributed by atoms with Crippen LogP contribution in [0.4, 0.5) is 9.18 Å². The zero-order valence-electron chi connectivity index (χ0n) is 12.9. The molecule has 0 radical (unpaired) electrons. The topological polar surface area (TPSA) is 75.9 Å². The third kappa shape index (κ3) is 3.64. The number of rotatable bonds is 3. The summed E-state index contributed by atoms with van der Waals surface area (Å²) in [6, 6.07) is 5.99. The Morgan fingerprint density at radius 1 is 1.39 bits per heavy atom. The molecule has 0 spiro atoms. The number of carbonyl (C=O) groups is 1. The molecule has 8 heteroatoms. The van der Waals surface area contributed by atoms with E-state index in [2.05, 4.69) is 20.8 Å². The third-order valence-corrected chi connectivity index (χ3v) is 4.08. The SMILES string of the molecule is Cn1nnnc1C1CCCN(C(=O)NCc2ccc(F)cc2)C1. The van der Waals surface area contributed by atoms with E-state index in [0.717, 1.165) is 30.8 Å². The molecule has 2 heterocycles.